The summed E-state index contributed by atoms with van der Waals surface area (Å²) in [5.41, 5.74) is 0.341. The maximum absolute atomic E-state index is 13.1. The fourth-order valence-electron chi connectivity index (χ4n) is 3.08. The van der Waals surface area contributed by atoms with Crippen LogP contribution in [0.1, 0.15) is 46.1 Å². The normalized spacial score (nSPS) is 17.7. The van der Waals surface area contributed by atoms with Gasteiger partial charge >= 0.3 is 6.09 Å². The molecule has 0 bridgehead atoms. The molecule has 0 saturated carbocycles. The molecule has 0 N–H and O–H groups in total. The number of rotatable bonds is 4. The van der Waals surface area contributed by atoms with E-state index in [9.17, 15) is 14.0 Å². The van der Waals surface area contributed by atoms with Crippen LogP contribution in [0.4, 0.5) is 9.18 Å². The van der Waals surface area contributed by atoms with Crippen LogP contribution in [0.3, 0.4) is 0 Å². The van der Waals surface area contributed by atoms with E-state index < -0.39 is 5.60 Å². The Balaban J connectivity index is 1.99. The fraction of sp³-hybridized carbons (Fsp3) is 0.600. The lowest BCUT2D eigenvalue weighted by molar-refractivity contribution is -0.137. The van der Waals surface area contributed by atoms with Gasteiger partial charge < -0.3 is 14.5 Å². The van der Waals surface area contributed by atoms with Gasteiger partial charge in [0.05, 0.1) is 5.92 Å². The van der Waals surface area contributed by atoms with E-state index in [1.165, 1.54) is 12.1 Å². The number of nitrogens with zero attached hydrogens (tertiary/aromatic N) is 2. The van der Waals surface area contributed by atoms with Gasteiger partial charge in [-0.25, -0.2) is 9.18 Å². The average molecular weight is 364 g/mol. The van der Waals surface area contributed by atoms with Gasteiger partial charge in [-0.2, -0.15) is 0 Å². The smallest absolute Gasteiger partial charge is 0.410 e. The zero-order chi connectivity index (χ0) is 19.3. The summed E-state index contributed by atoms with van der Waals surface area (Å²) in [5, 5.41) is 0. The van der Waals surface area contributed by atoms with Crippen molar-refractivity contribution in [2.45, 2.75) is 52.7 Å². The molecule has 1 saturated heterocycles. The molecule has 2 rings (SSSR count). The molecule has 26 heavy (non-hydrogen) atoms. The van der Waals surface area contributed by atoms with E-state index in [2.05, 4.69) is 0 Å². The number of carbonyl (C=O) groups excluding carboxylic acids is 2. The lowest BCUT2D eigenvalue weighted by atomic mass is 9.96. The molecule has 6 heteroatoms. The minimum absolute atomic E-state index is 0.0325. The molecular formula is C20H29FN2O3. The highest BCUT2D eigenvalue weighted by Crippen LogP contribution is 2.22. The molecule has 5 nitrogen and oxygen atoms in total. The van der Waals surface area contributed by atoms with Gasteiger partial charge in [0.15, 0.2) is 0 Å². The third kappa shape index (κ3) is 5.71. The summed E-state index contributed by atoms with van der Waals surface area (Å²) in [7, 11) is 0. The van der Waals surface area contributed by atoms with E-state index in [0.29, 0.717) is 26.2 Å². The summed E-state index contributed by atoms with van der Waals surface area (Å²) in [4.78, 5) is 28.6. The molecular weight excluding hydrogens is 335 g/mol. The van der Waals surface area contributed by atoms with Crippen molar-refractivity contribution in [1.29, 1.82) is 0 Å². The van der Waals surface area contributed by atoms with Crippen LogP contribution in [0, 0.1) is 11.7 Å². The van der Waals surface area contributed by atoms with E-state index in [1.807, 2.05) is 27.7 Å². The molecule has 1 aromatic rings. The molecule has 144 valence electrons. The third-order valence-electron chi connectivity index (χ3n) is 4.40. The van der Waals surface area contributed by atoms with Crippen molar-refractivity contribution in [2.75, 3.05) is 19.6 Å². The Morgan fingerprint density at radius 3 is 2.50 bits per heavy atom. The summed E-state index contributed by atoms with van der Waals surface area (Å²) < 4.78 is 18.5. The Labute approximate surface area is 155 Å². The molecule has 0 aliphatic carbocycles. The number of amides is 2. The van der Waals surface area contributed by atoms with Gasteiger partial charge in [0, 0.05) is 26.2 Å². The number of halogens is 1. The molecule has 1 aliphatic heterocycles. The maximum Gasteiger partial charge on any atom is 0.410 e. The maximum atomic E-state index is 13.1. The van der Waals surface area contributed by atoms with Crippen molar-refractivity contribution >= 4 is 12.0 Å². The van der Waals surface area contributed by atoms with Gasteiger partial charge in [0.25, 0.3) is 0 Å². The number of piperidine rings is 1. The Bertz CT molecular complexity index is 625. The lowest BCUT2D eigenvalue weighted by Crippen LogP contribution is -2.47. The van der Waals surface area contributed by atoms with Crippen molar-refractivity contribution in [3.05, 3.63) is 35.6 Å². The van der Waals surface area contributed by atoms with Gasteiger partial charge in [-0.3, -0.25) is 4.79 Å². The average Bonchev–Trinajstić information content (AvgIpc) is 2.59. The summed E-state index contributed by atoms with van der Waals surface area (Å²) >= 11 is 0. The minimum Gasteiger partial charge on any atom is -0.444 e. The first-order valence-electron chi connectivity index (χ1n) is 9.20. The van der Waals surface area contributed by atoms with E-state index in [-0.39, 0.29) is 23.7 Å². The topological polar surface area (TPSA) is 49.9 Å². The Kier molecular flexibility index (Phi) is 6.62. The quantitative estimate of drug-likeness (QED) is 0.816. The van der Waals surface area contributed by atoms with Gasteiger partial charge in [0.1, 0.15) is 11.4 Å². The van der Waals surface area contributed by atoms with Crippen molar-refractivity contribution in [1.82, 2.24) is 9.80 Å². The number of benzene rings is 1. The molecule has 0 radical (unpaired) electrons. The molecule has 1 heterocycles. The van der Waals surface area contributed by atoms with Crippen molar-refractivity contribution in [3.63, 3.8) is 0 Å². The molecule has 0 aromatic heterocycles. The predicted molar refractivity (Wildman–Crippen MR) is 98.0 cm³/mol. The highest BCUT2D eigenvalue weighted by Gasteiger charge is 2.32. The second kappa shape index (κ2) is 8.52. The minimum atomic E-state index is -0.550. The summed E-state index contributed by atoms with van der Waals surface area (Å²) in [6.07, 6.45) is 1.18. The standard InChI is InChI=1S/C20H29FN2O3/c1-5-22(13-15-8-10-17(21)11-9-15)18(24)16-7-6-12-23(14-16)19(25)26-20(2,3)4/h8-11,16H,5-7,12-14H2,1-4H3. The fourth-order valence-corrected chi connectivity index (χ4v) is 3.08. The van der Waals surface area contributed by atoms with E-state index in [4.69, 9.17) is 4.74 Å². The second-order valence-corrected chi connectivity index (χ2v) is 7.74. The lowest BCUT2D eigenvalue weighted by Gasteiger charge is -2.35. The third-order valence-corrected chi connectivity index (χ3v) is 4.40. The first kappa shape index (κ1) is 20.2. The van der Waals surface area contributed by atoms with Gasteiger partial charge in [-0.15, -0.1) is 0 Å². The number of hydrogen-bond acceptors (Lipinski definition) is 3. The van der Waals surface area contributed by atoms with Crippen LogP contribution in [-0.4, -0.2) is 47.0 Å². The van der Waals surface area contributed by atoms with Crippen molar-refractivity contribution in [2.24, 2.45) is 5.92 Å². The van der Waals surface area contributed by atoms with Crippen LogP contribution in [0.5, 0.6) is 0 Å². The van der Waals surface area contributed by atoms with Crippen LogP contribution < -0.4 is 0 Å². The van der Waals surface area contributed by atoms with Gasteiger partial charge in [-0.1, -0.05) is 12.1 Å². The monoisotopic (exact) mass is 364 g/mol. The molecule has 1 aliphatic rings. The Morgan fingerprint density at radius 1 is 1.27 bits per heavy atom. The molecule has 2 amide bonds. The van der Waals surface area contributed by atoms with E-state index in [0.717, 1.165) is 18.4 Å². The van der Waals surface area contributed by atoms with Crippen LogP contribution in [0.15, 0.2) is 24.3 Å². The van der Waals surface area contributed by atoms with Gasteiger partial charge in [-0.05, 0) is 58.2 Å². The zero-order valence-electron chi connectivity index (χ0n) is 16.1. The molecule has 1 atom stereocenters. The summed E-state index contributed by atoms with van der Waals surface area (Å²) in [5.74, 6) is -0.481. The van der Waals surface area contributed by atoms with Gasteiger partial charge in [0.2, 0.25) is 5.91 Å². The Morgan fingerprint density at radius 2 is 1.92 bits per heavy atom. The number of likely N-dealkylation sites (tertiary alicyclic amines) is 1. The second-order valence-electron chi connectivity index (χ2n) is 7.74. The van der Waals surface area contributed by atoms with Crippen LogP contribution in [-0.2, 0) is 16.1 Å². The van der Waals surface area contributed by atoms with Crippen LogP contribution in [0.2, 0.25) is 0 Å². The van der Waals surface area contributed by atoms with Crippen LogP contribution >= 0.6 is 0 Å². The van der Waals surface area contributed by atoms with Crippen molar-refractivity contribution < 1.29 is 18.7 Å². The summed E-state index contributed by atoms with van der Waals surface area (Å²) in [6.45, 7) is 9.43. The molecule has 1 fully saturated rings. The van der Waals surface area contributed by atoms with E-state index in [1.54, 1.807) is 21.9 Å². The van der Waals surface area contributed by atoms with Crippen molar-refractivity contribution in [3.8, 4) is 0 Å². The number of hydrogen-bond donors (Lipinski definition) is 0. The number of ether oxygens (including phenoxy) is 1. The SMILES string of the molecule is CCN(Cc1ccc(F)cc1)C(=O)C1CCCN(C(=O)OC(C)(C)C)C1. The summed E-state index contributed by atoms with van der Waals surface area (Å²) in [6, 6.07) is 6.19. The molecule has 0 spiro atoms. The Hall–Kier alpha value is -2.11. The highest BCUT2D eigenvalue weighted by molar-refractivity contribution is 5.80. The molecule has 1 aromatic carbocycles. The first-order valence-corrected chi connectivity index (χ1v) is 9.20. The highest BCUT2D eigenvalue weighted by atomic mass is 19.1. The largest absolute Gasteiger partial charge is 0.444 e. The van der Waals surface area contributed by atoms with E-state index >= 15 is 0 Å². The zero-order valence-corrected chi connectivity index (χ0v) is 16.1. The molecule has 1 unspecified atom stereocenters. The number of carbonyl (C=O) groups is 2. The van der Waals surface area contributed by atoms with Crippen LogP contribution in [0.25, 0.3) is 0 Å². The first-order chi connectivity index (χ1) is 12.2. The predicted octanol–water partition coefficient (Wildman–Crippen LogP) is 3.82.